The Balaban J connectivity index is 2.08. The lowest BCUT2D eigenvalue weighted by Gasteiger charge is -2.29. The first-order valence-corrected chi connectivity index (χ1v) is 6.68. The number of nitrogens with one attached hydrogen (secondary N) is 1. The van der Waals surface area contributed by atoms with Gasteiger partial charge >= 0.3 is 0 Å². The summed E-state index contributed by atoms with van der Waals surface area (Å²) in [6, 6.07) is 4.93. The van der Waals surface area contributed by atoms with Crippen molar-refractivity contribution in [3.8, 4) is 0 Å². The zero-order valence-corrected chi connectivity index (χ0v) is 10.9. The Morgan fingerprint density at radius 2 is 1.94 bits per heavy atom. The molecule has 3 nitrogen and oxygen atoms in total. The summed E-state index contributed by atoms with van der Waals surface area (Å²) in [5.41, 5.74) is 1.27. The third-order valence-corrected chi connectivity index (χ3v) is 3.78. The van der Waals surface area contributed by atoms with E-state index in [0.717, 1.165) is 5.82 Å². The van der Waals surface area contributed by atoms with E-state index in [0.29, 0.717) is 6.04 Å². The van der Waals surface area contributed by atoms with Gasteiger partial charge in [0.1, 0.15) is 5.82 Å². The van der Waals surface area contributed by atoms with E-state index in [9.17, 15) is 0 Å². The molecule has 0 unspecified atom stereocenters. The van der Waals surface area contributed by atoms with E-state index >= 15 is 0 Å². The number of hydrogen-bond donors (Lipinski definition) is 1. The lowest BCUT2D eigenvalue weighted by Crippen LogP contribution is -2.31. The summed E-state index contributed by atoms with van der Waals surface area (Å²) < 4.78 is 0. The normalized spacial score (nSPS) is 17.5. The SMILES string of the molecule is CNc1cc(N(C)C2CCCCCC2)ccn1. The van der Waals surface area contributed by atoms with Crippen LogP contribution in [0.2, 0.25) is 0 Å². The van der Waals surface area contributed by atoms with E-state index in [4.69, 9.17) is 0 Å². The molecular formula is C14H23N3. The van der Waals surface area contributed by atoms with Crippen LogP contribution >= 0.6 is 0 Å². The van der Waals surface area contributed by atoms with Gasteiger partial charge in [-0.05, 0) is 18.9 Å². The fourth-order valence-electron chi connectivity index (χ4n) is 2.63. The molecule has 0 radical (unpaired) electrons. The molecule has 3 heteroatoms. The summed E-state index contributed by atoms with van der Waals surface area (Å²) >= 11 is 0. The van der Waals surface area contributed by atoms with Gasteiger partial charge < -0.3 is 10.2 Å². The molecule has 2 rings (SSSR count). The highest BCUT2D eigenvalue weighted by molar-refractivity contribution is 5.53. The third kappa shape index (κ3) is 3.11. The summed E-state index contributed by atoms with van der Waals surface area (Å²) in [7, 11) is 4.13. The lowest BCUT2D eigenvalue weighted by atomic mass is 10.1. The van der Waals surface area contributed by atoms with Crippen LogP contribution in [0.15, 0.2) is 18.3 Å². The highest BCUT2D eigenvalue weighted by atomic mass is 15.1. The minimum Gasteiger partial charge on any atom is -0.373 e. The second-order valence-corrected chi connectivity index (χ2v) is 4.91. The van der Waals surface area contributed by atoms with Crippen LogP contribution in [0.4, 0.5) is 11.5 Å². The van der Waals surface area contributed by atoms with Crippen LogP contribution in [0.3, 0.4) is 0 Å². The van der Waals surface area contributed by atoms with E-state index in [1.807, 2.05) is 13.2 Å². The monoisotopic (exact) mass is 233 g/mol. The maximum Gasteiger partial charge on any atom is 0.127 e. The van der Waals surface area contributed by atoms with Crippen molar-refractivity contribution in [2.45, 2.75) is 44.6 Å². The van der Waals surface area contributed by atoms with Gasteiger partial charge in [-0.1, -0.05) is 25.7 Å². The molecule has 1 aliphatic carbocycles. The van der Waals surface area contributed by atoms with Gasteiger partial charge in [0.2, 0.25) is 0 Å². The molecule has 0 aromatic carbocycles. The average molecular weight is 233 g/mol. The first kappa shape index (κ1) is 12.2. The summed E-state index contributed by atoms with van der Waals surface area (Å²) in [6.45, 7) is 0. The Kier molecular flexibility index (Phi) is 4.24. The average Bonchev–Trinajstić information content (AvgIpc) is 2.67. The van der Waals surface area contributed by atoms with Gasteiger partial charge in [-0.25, -0.2) is 4.98 Å². The minimum absolute atomic E-state index is 0.699. The maximum atomic E-state index is 4.27. The largest absolute Gasteiger partial charge is 0.373 e. The Labute approximate surface area is 104 Å². The Morgan fingerprint density at radius 3 is 2.59 bits per heavy atom. The van der Waals surface area contributed by atoms with Gasteiger partial charge in [0.25, 0.3) is 0 Å². The Morgan fingerprint density at radius 1 is 1.24 bits per heavy atom. The number of nitrogens with zero attached hydrogens (tertiary/aromatic N) is 2. The zero-order chi connectivity index (χ0) is 12.1. The van der Waals surface area contributed by atoms with Crippen LogP contribution in [0.1, 0.15) is 38.5 Å². The van der Waals surface area contributed by atoms with Crippen LogP contribution in [-0.2, 0) is 0 Å². The molecule has 0 spiro atoms. The smallest absolute Gasteiger partial charge is 0.127 e. The molecule has 1 saturated carbocycles. The predicted octanol–water partition coefficient (Wildman–Crippen LogP) is 3.28. The molecular weight excluding hydrogens is 210 g/mol. The van der Waals surface area contributed by atoms with Crippen LogP contribution in [0.5, 0.6) is 0 Å². The molecule has 1 aromatic heterocycles. The molecule has 1 N–H and O–H groups in total. The van der Waals surface area contributed by atoms with Gasteiger partial charge in [-0.2, -0.15) is 0 Å². The van der Waals surface area contributed by atoms with Crippen LogP contribution in [0.25, 0.3) is 0 Å². The lowest BCUT2D eigenvalue weighted by molar-refractivity contribution is 0.553. The summed E-state index contributed by atoms with van der Waals surface area (Å²) in [5, 5.41) is 3.10. The quantitative estimate of drug-likeness (QED) is 0.812. The van der Waals surface area contributed by atoms with Crippen molar-refractivity contribution in [1.82, 2.24) is 4.98 Å². The van der Waals surface area contributed by atoms with Gasteiger partial charge in [0.05, 0.1) is 0 Å². The molecule has 1 heterocycles. The molecule has 1 fully saturated rings. The minimum atomic E-state index is 0.699. The van der Waals surface area contributed by atoms with E-state index < -0.39 is 0 Å². The van der Waals surface area contributed by atoms with E-state index in [2.05, 4.69) is 34.4 Å². The van der Waals surface area contributed by atoms with E-state index in [-0.39, 0.29) is 0 Å². The van der Waals surface area contributed by atoms with Crippen molar-refractivity contribution < 1.29 is 0 Å². The Bertz CT molecular complexity index is 343. The van der Waals surface area contributed by atoms with Crippen molar-refractivity contribution in [1.29, 1.82) is 0 Å². The first-order chi connectivity index (χ1) is 8.31. The topological polar surface area (TPSA) is 28.2 Å². The first-order valence-electron chi connectivity index (χ1n) is 6.68. The highest BCUT2D eigenvalue weighted by Crippen LogP contribution is 2.26. The molecule has 0 aliphatic heterocycles. The summed E-state index contributed by atoms with van der Waals surface area (Å²) in [5.74, 6) is 0.947. The maximum absolute atomic E-state index is 4.27. The van der Waals surface area contributed by atoms with Gasteiger partial charge in [-0.3, -0.25) is 0 Å². The van der Waals surface area contributed by atoms with Crippen molar-refractivity contribution in [3.63, 3.8) is 0 Å². The second kappa shape index (κ2) is 5.89. The van der Waals surface area contributed by atoms with Gasteiger partial charge in [0.15, 0.2) is 0 Å². The molecule has 94 valence electrons. The van der Waals surface area contributed by atoms with Crippen LogP contribution < -0.4 is 10.2 Å². The summed E-state index contributed by atoms with van der Waals surface area (Å²) in [6.07, 6.45) is 10.1. The van der Waals surface area contributed by atoms with Crippen LogP contribution in [-0.4, -0.2) is 25.1 Å². The van der Waals surface area contributed by atoms with Gasteiger partial charge in [0, 0.05) is 38.1 Å². The number of hydrogen-bond acceptors (Lipinski definition) is 3. The molecule has 0 amide bonds. The molecule has 0 bridgehead atoms. The number of pyridine rings is 1. The molecule has 17 heavy (non-hydrogen) atoms. The third-order valence-electron chi connectivity index (χ3n) is 3.78. The van der Waals surface area contributed by atoms with Crippen molar-refractivity contribution in [3.05, 3.63) is 18.3 Å². The van der Waals surface area contributed by atoms with Crippen molar-refractivity contribution in [2.24, 2.45) is 0 Å². The number of rotatable bonds is 3. The predicted molar refractivity (Wildman–Crippen MR) is 73.7 cm³/mol. The second-order valence-electron chi connectivity index (χ2n) is 4.91. The zero-order valence-electron chi connectivity index (χ0n) is 10.9. The van der Waals surface area contributed by atoms with E-state index in [1.54, 1.807) is 0 Å². The Hall–Kier alpha value is -1.25. The fraction of sp³-hybridized carbons (Fsp3) is 0.643. The standard InChI is InChI=1S/C14H23N3/c1-15-14-11-13(9-10-16-14)17(2)12-7-5-3-4-6-8-12/h9-12H,3-8H2,1-2H3,(H,15,16). The number of aromatic nitrogens is 1. The number of anilines is 2. The van der Waals surface area contributed by atoms with Crippen molar-refractivity contribution in [2.75, 3.05) is 24.3 Å². The molecule has 0 saturated heterocycles. The highest BCUT2D eigenvalue weighted by Gasteiger charge is 2.17. The molecule has 1 aromatic rings. The van der Waals surface area contributed by atoms with E-state index in [1.165, 1.54) is 44.2 Å². The van der Waals surface area contributed by atoms with Crippen LogP contribution in [0, 0.1) is 0 Å². The molecule has 0 atom stereocenters. The summed E-state index contributed by atoms with van der Waals surface area (Å²) in [4.78, 5) is 6.69. The molecule has 1 aliphatic rings. The fourth-order valence-corrected chi connectivity index (χ4v) is 2.63. The van der Waals surface area contributed by atoms with Gasteiger partial charge in [-0.15, -0.1) is 0 Å². The van der Waals surface area contributed by atoms with Crippen molar-refractivity contribution >= 4 is 11.5 Å².